The van der Waals surface area contributed by atoms with Crippen LogP contribution in [0.5, 0.6) is 0 Å². The van der Waals surface area contributed by atoms with E-state index in [9.17, 15) is 4.79 Å². The van der Waals surface area contributed by atoms with E-state index < -0.39 is 5.60 Å². The van der Waals surface area contributed by atoms with Crippen LogP contribution in [0.15, 0.2) is 12.4 Å². The molecule has 3 aliphatic heterocycles. The molecule has 3 aliphatic rings. The molecule has 0 aliphatic carbocycles. The lowest BCUT2D eigenvalue weighted by atomic mass is 9.94. The highest BCUT2D eigenvalue weighted by atomic mass is 16.6. The average molecular weight is 318 g/mol. The number of hydrogen-bond donors (Lipinski definition) is 1. The number of carbonyl (C=O) groups excluding carboxylic acids is 1. The molecular formula is C16H22N4O3. The van der Waals surface area contributed by atoms with Crippen LogP contribution in [-0.2, 0) is 9.47 Å². The van der Waals surface area contributed by atoms with Crippen LogP contribution in [0, 0.1) is 0 Å². The molecule has 23 heavy (non-hydrogen) atoms. The normalized spacial score (nSPS) is 27.2. The third kappa shape index (κ3) is 2.90. The van der Waals surface area contributed by atoms with Crippen LogP contribution in [0.25, 0.3) is 0 Å². The number of hydrogen-bond acceptors (Lipinski definition) is 6. The second-order valence-corrected chi connectivity index (χ2v) is 6.59. The molecule has 4 rings (SSSR count). The summed E-state index contributed by atoms with van der Waals surface area (Å²) in [5, 5.41) is 3.38. The van der Waals surface area contributed by atoms with E-state index in [1.54, 1.807) is 17.3 Å². The van der Waals surface area contributed by atoms with Crippen LogP contribution in [0.3, 0.4) is 0 Å². The number of anilines is 1. The van der Waals surface area contributed by atoms with Gasteiger partial charge >= 0.3 is 6.09 Å². The van der Waals surface area contributed by atoms with E-state index in [0.717, 1.165) is 44.5 Å². The van der Waals surface area contributed by atoms with Crippen molar-refractivity contribution in [1.82, 2.24) is 15.3 Å². The van der Waals surface area contributed by atoms with Crippen LogP contribution in [0.2, 0.25) is 0 Å². The minimum absolute atomic E-state index is 0.326. The Hall–Kier alpha value is -1.73. The van der Waals surface area contributed by atoms with Crippen molar-refractivity contribution in [1.29, 1.82) is 0 Å². The van der Waals surface area contributed by atoms with Gasteiger partial charge in [0.2, 0.25) is 0 Å². The summed E-state index contributed by atoms with van der Waals surface area (Å²) in [7, 11) is 0. The van der Waals surface area contributed by atoms with Gasteiger partial charge in [-0.25, -0.2) is 9.78 Å². The number of aromatic nitrogens is 2. The summed E-state index contributed by atoms with van der Waals surface area (Å²) in [5.74, 6) is 0.989. The SMILES string of the molecule is O=C1OC2(CCOCC2)CN1c1cnc(C2CCCNC2)cn1. The first-order valence-electron chi connectivity index (χ1n) is 8.37. The van der Waals surface area contributed by atoms with Crippen molar-refractivity contribution in [2.24, 2.45) is 0 Å². The zero-order valence-electron chi connectivity index (χ0n) is 13.2. The maximum Gasteiger partial charge on any atom is 0.416 e. The molecule has 3 saturated heterocycles. The third-order valence-corrected chi connectivity index (χ3v) is 5.02. The summed E-state index contributed by atoms with van der Waals surface area (Å²) >= 11 is 0. The van der Waals surface area contributed by atoms with Crippen molar-refractivity contribution < 1.29 is 14.3 Å². The lowest BCUT2D eigenvalue weighted by molar-refractivity contribution is -0.0431. The molecule has 4 heterocycles. The standard InChI is InChI=1S/C16H22N4O3/c21-15-20(11-16(23-15)3-6-22-7-4-16)14-10-18-13(9-19-14)12-2-1-5-17-8-12/h9-10,12,17H,1-8,11H2. The van der Waals surface area contributed by atoms with Gasteiger partial charge in [0, 0.05) is 25.3 Å². The topological polar surface area (TPSA) is 76.6 Å². The Bertz CT molecular complexity index is 565. The van der Waals surface area contributed by atoms with E-state index in [4.69, 9.17) is 9.47 Å². The first-order chi connectivity index (χ1) is 11.3. The van der Waals surface area contributed by atoms with E-state index in [-0.39, 0.29) is 6.09 Å². The van der Waals surface area contributed by atoms with Crippen LogP contribution in [0.1, 0.15) is 37.3 Å². The number of rotatable bonds is 2. The van der Waals surface area contributed by atoms with Crippen molar-refractivity contribution in [2.45, 2.75) is 37.2 Å². The van der Waals surface area contributed by atoms with Gasteiger partial charge in [0.15, 0.2) is 5.82 Å². The smallest absolute Gasteiger partial charge is 0.416 e. The molecule has 0 radical (unpaired) electrons. The first kappa shape index (κ1) is 14.8. The largest absolute Gasteiger partial charge is 0.440 e. The van der Waals surface area contributed by atoms with Crippen LogP contribution >= 0.6 is 0 Å². The fourth-order valence-electron chi connectivity index (χ4n) is 3.59. The van der Waals surface area contributed by atoms with Gasteiger partial charge in [-0.05, 0) is 19.4 Å². The predicted molar refractivity (Wildman–Crippen MR) is 83.5 cm³/mol. The zero-order valence-corrected chi connectivity index (χ0v) is 13.2. The molecule has 1 N–H and O–H groups in total. The molecule has 1 atom stereocenters. The second kappa shape index (κ2) is 6.05. The van der Waals surface area contributed by atoms with E-state index in [1.165, 1.54) is 0 Å². The second-order valence-electron chi connectivity index (χ2n) is 6.59. The Kier molecular flexibility index (Phi) is 3.90. The van der Waals surface area contributed by atoms with E-state index in [2.05, 4.69) is 15.3 Å². The quantitative estimate of drug-likeness (QED) is 0.889. The molecule has 0 aromatic carbocycles. The monoisotopic (exact) mass is 318 g/mol. The van der Waals surface area contributed by atoms with Crippen LogP contribution in [0.4, 0.5) is 10.6 Å². The Labute approximate surface area is 135 Å². The molecule has 7 nitrogen and oxygen atoms in total. The summed E-state index contributed by atoms with van der Waals surface area (Å²) in [6, 6.07) is 0. The molecule has 3 fully saturated rings. The summed E-state index contributed by atoms with van der Waals surface area (Å²) < 4.78 is 11.0. The average Bonchev–Trinajstić information content (AvgIpc) is 2.92. The summed E-state index contributed by atoms with van der Waals surface area (Å²) in [4.78, 5) is 22.8. The highest BCUT2D eigenvalue weighted by Gasteiger charge is 2.47. The van der Waals surface area contributed by atoms with Gasteiger partial charge < -0.3 is 14.8 Å². The third-order valence-electron chi connectivity index (χ3n) is 5.02. The van der Waals surface area contributed by atoms with Crippen LogP contribution in [-0.4, -0.2) is 54.5 Å². The number of nitrogens with one attached hydrogen (secondary N) is 1. The molecule has 0 bridgehead atoms. The van der Waals surface area contributed by atoms with E-state index in [1.807, 2.05) is 0 Å². The molecule has 1 aromatic rings. The molecule has 1 amide bonds. The number of carbonyl (C=O) groups is 1. The Morgan fingerprint density at radius 3 is 2.83 bits per heavy atom. The fourth-order valence-corrected chi connectivity index (χ4v) is 3.59. The molecule has 7 heteroatoms. The van der Waals surface area contributed by atoms with Gasteiger partial charge in [-0.2, -0.15) is 0 Å². The highest BCUT2D eigenvalue weighted by Crippen LogP contribution is 2.34. The lowest BCUT2D eigenvalue weighted by Crippen LogP contribution is -2.40. The minimum Gasteiger partial charge on any atom is -0.440 e. The number of amides is 1. The number of ether oxygens (including phenoxy) is 2. The van der Waals surface area contributed by atoms with Crippen molar-refractivity contribution in [3.63, 3.8) is 0 Å². The number of nitrogens with zero attached hydrogens (tertiary/aromatic N) is 3. The van der Waals surface area contributed by atoms with E-state index >= 15 is 0 Å². The van der Waals surface area contributed by atoms with Gasteiger partial charge in [-0.3, -0.25) is 9.88 Å². The van der Waals surface area contributed by atoms with Gasteiger partial charge in [-0.15, -0.1) is 0 Å². The molecule has 1 aromatic heterocycles. The molecule has 0 saturated carbocycles. The summed E-state index contributed by atoms with van der Waals surface area (Å²) in [6.45, 7) is 3.84. The maximum atomic E-state index is 12.2. The fraction of sp³-hybridized carbons (Fsp3) is 0.688. The lowest BCUT2D eigenvalue weighted by Gasteiger charge is -2.30. The Morgan fingerprint density at radius 2 is 2.13 bits per heavy atom. The number of piperidine rings is 1. The van der Waals surface area contributed by atoms with Gasteiger partial charge in [0.05, 0.1) is 37.8 Å². The van der Waals surface area contributed by atoms with Gasteiger partial charge in [0.25, 0.3) is 0 Å². The highest BCUT2D eigenvalue weighted by molar-refractivity contribution is 5.89. The molecular weight excluding hydrogens is 296 g/mol. The summed E-state index contributed by atoms with van der Waals surface area (Å²) in [5.41, 5.74) is 0.581. The van der Waals surface area contributed by atoms with E-state index in [0.29, 0.717) is 31.5 Å². The van der Waals surface area contributed by atoms with Gasteiger partial charge in [0.1, 0.15) is 5.60 Å². The zero-order chi connectivity index (χ0) is 15.7. The minimum atomic E-state index is -0.414. The Balaban J connectivity index is 1.48. The van der Waals surface area contributed by atoms with Crippen molar-refractivity contribution in [3.05, 3.63) is 18.1 Å². The van der Waals surface area contributed by atoms with Crippen LogP contribution < -0.4 is 10.2 Å². The maximum absolute atomic E-state index is 12.2. The molecule has 1 spiro atoms. The van der Waals surface area contributed by atoms with Crippen molar-refractivity contribution in [3.8, 4) is 0 Å². The predicted octanol–water partition coefficient (Wildman–Crippen LogP) is 1.45. The Morgan fingerprint density at radius 1 is 1.26 bits per heavy atom. The van der Waals surface area contributed by atoms with Crippen molar-refractivity contribution >= 4 is 11.9 Å². The first-order valence-corrected chi connectivity index (χ1v) is 8.37. The van der Waals surface area contributed by atoms with Crippen molar-refractivity contribution in [2.75, 3.05) is 37.7 Å². The summed E-state index contributed by atoms with van der Waals surface area (Å²) in [6.07, 6.45) is 6.96. The molecule has 124 valence electrons. The van der Waals surface area contributed by atoms with Gasteiger partial charge in [-0.1, -0.05) is 0 Å². The molecule has 1 unspecified atom stereocenters.